The molecule has 0 aliphatic carbocycles. The predicted octanol–water partition coefficient (Wildman–Crippen LogP) is 1.72. The van der Waals surface area contributed by atoms with Gasteiger partial charge in [0.1, 0.15) is 0 Å². The largest absolute Gasteiger partial charge is 0.368 e. The number of amides is 3. The summed E-state index contributed by atoms with van der Waals surface area (Å²) in [5, 5.41) is 2.99. The SMILES string of the molecule is C=CC(=O)N1CCC(C(=O)Nc2ccc(N3CCN(C(C)=O)CC3)cc2)CC1. The normalized spacial score (nSPS) is 18.0. The highest BCUT2D eigenvalue weighted by molar-refractivity contribution is 5.93. The second-order valence-corrected chi connectivity index (χ2v) is 7.33. The van der Waals surface area contributed by atoms with Crippen LogP contribution in [0.25, 0.3) is 0 Å². The lowest BCUT2D eigenvalue weighted by Gasteiger charge is -2.35. The van der Waals surface area contributed by atoms with Gasteiger partial charge in [0.15, 0.2) is 0 Å². The molecule has 0 unspecified atom stereocenters. The van der Waals surface area contributed by atoms with Crippen molar-refractivity contribution in [2.45, 2.75) is 19.8 Å². The van der Waals surface area contributed by atoms with Gasteiger partial charge in [-0.3, -0.25) is 14.4 Å². The molecule has 0 atom stereocenters. The second kappa shape index (κ2) is 8.91. The van der Waals surface area contributed by atoms with E-state index in [0.717, 1.165) is 37.6 Å². The highest BCUT2D eigenvalue weighted by Crippen LogP contribution is 2.22. The Kier molecular flexibility index (Phi) is 6.34. The van der Waals surface area contributed by atoms with Crippen molar-refractivity contribution < 1.29 is 14.4 Å². The Balaban J connectivity index is 1.49. The number of hydrogen-bond donors (Lipinski definition) is 1. The number of rotatable bonds is 4. The van der Waals surface area contributed by atoms with Gasteiger partial charge >= 0.3 is 0 Å². The van der Waals surface area contributed by atoms with E-state index >= 15 is 0 Å². The average molecular weight is 384 g/mol. The smallest absolute Gasteiger partial charge is 0.245 e. The van der Waals surface area contributed by atoms with Crippen LogP contribution in [0, 0.1) is 5.92 Å². The zero-order valence-electron chi connectivity index (χ0n) is 16.4. The molecule has 0 spiro atoms. The standard InChI is InChI=1S/C21H28N4O3/c1-3-20(27)25-10-8-17(9-11-25)21(28)22-18-4-6-19(7-5-18)24-14-12-23(13-15-24)16(2)26/h3-7,17H,1,8-15H2,2H3,(H,22,28). The van der Waals surface area contributed by atoms with Gasteiger partial charge in [0.2, 0.25) is 17.7 Å². The minimum absolute atomic E-state index is 0.00789. The van der Waals surface area contributed by atoms with Crippen LogP contribution in [-0.2, 0) is 14.4 Å². The van der Waals surface area contributed by atoms with Crippen LogP contribution in [0.5, 0.6) is 0 Å². The minimum atomic E-state index is -0.0757. The summed E-state index contributed by atoms with van der Waals surface area (Å²) in [6, 6.07) is 7.84. The lowest BCUT2D eigenvalue weighted by molar-refractivity contribution is -0.130. The third-order valence-corrected chi connectivity index (χ3v) is 5.58. The Morgan fingerprint density at radius 1 is 0.964 bits per heavy atom. The van der Waals surface area contributed by atoms with Crippen molar-refractivity contribution in [3.05, 3.63) is 36.9 Å². The molecule has 0 aromatic heterocycles. The molecule has 1 N–H and O–H groups in total. The van der Waals surface area contributed by atoms with Crippen molar-refractivity contribution in [2.24, 2.45) is 5.92 Å². The van der Waals surface area contributed by atoms with Crippen LogP contribution in [0.3, 0.4) is 0 Å². The number of anilines is 2. The number of hydrogen-bond acceptors (Lipinski definition) is 4. The zero-order chi connectivity index (χ0) is 20.1. The number of carbonyl (C=O) groups excluding carboxylic acids is 3. The molecule has 7 nitrogen and oxygen atoms in total. The first-order valence-electron chi connectivity index (χ1n) is 9.80. The maximum absolute atomic E-state index is 12.5. The van der Waals surface area contributed by atoms with E-state index in [-0.39, 0.29) is 23.6 Å². The zero-order valence-corrected chi connectivity index (χ0v) is 16.4. The fourth-order valence-corrected chi connectivity index (χ4v) is 3.77. The number of benzene rings is 1. The molecule has 1 aromatic rings. The Labute approximate surface area is 166 Å². The van der Waals surface area contributed by atoms with Gasteiger partial charge in [-0.1, -0.05) is 6.58 Å². The van der Waals surface area contributed by atoms with Crippen molar-refractivity contribution in [2.75, 3.05) is 49.5 Å². The topological polar surface area (TPSA) is 73.0 Å². The van der Waals surface area contributed by atoms with E-state index in [2.05, 4.69) is 16.8 Å². The van der Waals surface area contributed by atoms with Crippen molar-refractivity contribution >= 4 is 29.1 Å². The highest BCUT2D eigenvalue weighted by atomic mass is 16.2. The summed E-state index contributed by atoms with van der Waals surface area (Å²) in [5.74, 6) is -0.0160. The molecule has 2 saturated heterocycles. The molecule has 2 aliphatic rings. The number of nitrogens with one attached hydrogen (secondary N) is 1. The number of nitrogens with zero attached hydrogens (tertiary/aromatic N) is 3. The van der Waals surface area contributed by atoms with Crippen LogP contribution < -0.4 is 10.2 Å². The van der Waals surface area contributed by atoms with E-state index in [4.69, 9.17) is 0 Å². The lowest BCUT2D eigenvalue weighted by Crippen LogP contribution is -2.48. The van der Waals surface area contributed by atoms with E-state index in [1.807, 2.05) is 29.2 Å². The first-order valence-corrected chi connectivity index (χ1v) is 9.80. The fourth-order valence-electron chi connectivity index (χ4n) is 3.77. The van der Waals surface area contributed by atoms with Crippen molar-refractivity contribution in [3.8, 4) is 0 Å². The Bertz CT molecular complexity index is 731. The van der Waals surface area contributed by atoms with Crippen molar-refractivity contribution in [3.63, 3.8) is 0 Å². The van der Waals surface area contributed by atoms with Gasteiger partial charge in [0.05, 0.1) is 0 Å². The van der Waals surface area contributed by atoms with Gasteiger partial charge in [-0.2, -0.15) is 0 Å². The monoisotopic (exact) mass is 384 g/mol. The highest BCUT2D eigenvalue weighted by Gasteiger charge is 2.26. The van der Waals surface area contributed by atoms with Crippen molar-refractivity contribution in [1.29, 1.82) is 0 Å². The molecule has 1 aromatic carbocycles. The van der Waals surface area contributed by atoms with Crippen LogP contribution in [-0.4, -0.2) is 66.8 Å². The Morgan fingerprint density at radius 2 is 1.57 bits per heavy atom. The van der Waals surface area contributed by atoms with Crippen LogP contribution >= 0.6 is 0 Å². The van der Waals surface area contributed by atoms with E-state index in [9.17, 15) is 14.4 Å². The maximum atomic E-state index is 12.5. The lowest BCUT2D eigenvalue weighted by atomic mass is 9.95. The summed E-state index contributed by atoms with van der Waals surface area (Å²) in [7, 11) is 0. The molecule has 0 saturated carbocycles. The van der Waals surface area contributed by atoms with Crippen LogP contribution in [0.15, 0.2) is 36.9 Å². The number of carbonyl (C=O) groups is 3. The Hall–Kier alpha value is -2.83. The summed E-state index contributed by atoms with van der Waals surface area (Å²) in [4.78, 5) is 41.4. The molecule has 0 radical (unpaired) electrons. The average Bonchev–Trinajstić information content (AvgIpc) is 2.74. The first-order chi connectivity index (χ1) is 13.5. The summed E-state index contributed by atoms with van der Waals surface area (Å²) < 4.78 is 0. The molecule has 28 heavy (non-hydrogen) atoms. The quantitative estimate of drug-likeness (QED) is 0.803. The maximum Gasteiger partial charge on any atom is 0.245 e. The molecule has 2 aliphatic heterocycles. The van der Waals surface area contributed by atoms with Crippen LogP contribution in [0.2, 0.25) is 0 Å². The molecule has 2 fully saturated rings. The summed E-state index contributed by atoms with van der Waals surface area (Å²) in [5.41, 5.74) is 1.87. The summed E-state index contributed by atoms with van der Waals surface area (Å²) in [6.07, 6.45) is 2.66. The number of piperazine rings is 1. The van der Waals surface area contributed by atoms with Gasteiger partial charge in [-0.15, -0.1) is 0 Å². The van der Waals surface area contributed by atoms with Gasteiger partial charge in [-0.25, -0.2) is 0 Å². The van der Waals surface area contributed by atoms with E-state index in [0.29, 0.717) is 25.9 Å². The number of likely N-dealkylation sites (tertiary alicyclic amines) is 1. The van der Waals surface area contributed by atoms with Crippen molar-refractivity contribution in [1.82, 2.24) is 9.80 Å². The van der Waals surface area contributed by atoms with Gasteiger partial charge in [-0.05, 0) is 43.2 Å². The van der Waals surface area contributed by atoms with Crippen LogP contribution in [0.1, 0.15) is 19.8 Å². The molecular weight excluding hydrogens is 356 g/mol. The van der Waals surface area contributed by atoms with Gasteiger partial charge < -0.3 is 20.0 Å². The first kappa shape index (κ1) is 19.9. The third-order valence-electron chi connectivity index (χ3n) is 5.58. The summed E-state index contributed by atoms with van der Waals surface area (Å²) >= 11 is 0. The van der Waals surface area contributed by atoms with E-state index in [1.165, 1.54) is 6.08 Å². The fraction of sp³-hybridized carbons (Fsp3) is 0.476. The molecular formula is C21H28N4O3. The third kappa shape index (κ3) is 4.71. The molecule has 3 rings (SSSR count). The summed E-state index contributed by atoms with van der Waals surface area (Å²) in [6.45, 7) is 9.39. The molecule has 0 bridgehead atoms. The van der Waals surface area contributed by atoms with Gasteiger partial charge in [0, 0.05) is 63.5 Å². The van der Waals surface area contributed by atoms with Gasteiger partial charge in [0.25, 0.3) is 0 Å². The number of piperidine rings is 1. The van der Waals surface area contributed by atoms with Crippen LogP contribution in [0.4, 0.5) is 11.4 Å². The molecule has 150 valence electrons. The molecule has 3 amide bonds. The predicted molar refractivity (Wildman–Crippen MR) is 109 cm³/mol. The van der Waals surface area contributed by atoms with E-state index < -0.39 is 0 Å². The molecule has 7 heteroatoms. The Morgan fingerprint density at radius 3 is 2.11 bits per heavy atom. The minimum Gasteiger partial charge on any atom is -0.368 e. The van der Waals surface area contributed by atoms with E-state index in [1.54, 1.807) is 11.8 Å². The second-order valence-electron chi connectivity index (χ2n) is 7.33. The molecule has 2 heterocycles.